The average molecular weight is 509 g/mol. The molecular formula is C31H24O7. The molecule has 3 aromatic carbocycles. The minimum Gasteiger partial charge on any atom is -0.497 e. The van der Waals surface area contributed by atoms with Crippen LogP contribution in [0.5, 0.6) is 23.0 Å². The molecule has 6 rings (SSSR count). The highest BCUT2D eigenvalue weighted by Crippen LogP contribution is 2.50. The van der Waals surface area contributed by atoms with E-state index in [0.29, 0.717) is 47.2 Å². The van der Waals surface area contributed by atoms with Crippen LogP contribution in [0.4, 0.5) is 0 Å². The topological polar surface area (TPSA) is 84.2 Å². The summed E-state index contributed by atoms with van der Waals surface area (Å²) in [5.74, 6) is 1.90. The van der Waals surface area contributed by atoms with E-state index in [-0.39, 0.29) is 23.9 Å². The quantitative estimate of drug-likeness (QED) is 0.173. The van der Waals surface area contributed by atoms with E-state index in [0.717, 1.165) is 16.9 Å². The first kappa shape index (κ1) is 23.6. The molecule has 38 heavy (non-hydrogen) atoms. The van der Waals surface area contributed by atoms with Gasteiger partial charge in [0, 0.05) is 29.5 Å². The van der Waals surface area contributed by atoms with Gasteiger partial charge in [0.05, 0.1) is 32.0 Å². The van der Waals surface area contributed by atoms with Gasteiger partial charge in [-0.05, 0) is 48.0 Å². The second kappa shape index (κ2) is 9.94. The minimum atomic E-state index is -0.408. The minimum absolute atomic E-state index is 0.0943. The number of fused-ring (bicyclic) bond motifs is 3. The number of ketones is 1. The van der Waals surface area contributed by atoms with Gasteiger partial charge in [0.2, 0.25) is 5.78 Å². The molecule has 1 unspecified atom stereocenters. The summed E-state index contributed by atoms with van der Waals surface area (Å²) in [6, 6.07) is 22.3. The zero-order chi connectivity index (χ0) is 26.1. The summed E-state index contributed by atoms with van der Waals surface area (Å²) in [5.41, 5.74) is 3.02. The molecule has 0 aliphatic carbocycles. The van der Waals surface area contributed by atoms with E-state index in [2.05, 4.69) is 0 Å². The van der Waals surface area contributed by atoms with E-state index in [4.69, 9.17) is 23.4 Å². The van der Waals surface area contributed by atoms with Crippen molar-refractivity contribution in [3.63, 3.8) is 0 Å². The van der Waals surface area contributed by atoms with E-state index < -0.39 is 5.92 Å². The lowest BCUT2D eigenvalue weighted by Crippen LogP contribution is -2.22. The van der Waals surface area contributed by atoms with Crippen LogP contribution in [0.25, 0.3) is 6.08 Å². The Morgan fingerprint density at radius 1 is 0.947 bits per heavy atom. The maximum Gasteiger partial charge on any atom is 0.312 e. The first-order valence-corrected chi connectivity index (χ1v) is 12.3. The number of carbonyl (C=O) groups excluding carboxylic acids is 2. The Morgan fingerprint density at radius 3 is 2.58 bits per heavy atom. The van der Waals surface area contributed by atoms with E-state index >= 15 is 0 Å². The van der Waals surface area contributed by atoms with Crippen LogP contribution in [-0.4, -0.2) is 25.5 Å². The third kappa shape index (κ3) is 4.43. The molecule has 190 valence electrons. The highest BCUT2D eigenvalue weighted by atomic mass is 16.5. The lowest BCUT2D eigenvalue weighted by Gasteiger charge is -2.27. The Labute approximate surface area is 219 Å². The highest BCUT2D eigenvalue weighted by Gasteiger charge is 2.39. The molecule has 0 saturated heterocycles. The molecule has 0 bridgehead atoms. The molecule has 0 fully saturated rings. The highest BCUT2D eigenvalue weighted by molar-refractivity contribution is 6.15. The zero-order valence-electron chi connectivity index (χ0n) is 20.6. The van der Waals surface area contributed by atoms with Crippen molar-refractivity contribution in [2.24, 2.45) is 0 Å². The fourth-order valence-corrected chi connectivity index (χ4v) is 4.85. The number of methoxy groups -OCH3 is 1. The summed E-state index contributed by atoms with van der Waals surface area (Å²) in [5, 5.41) is 0. The number of esters is 1. The van der Waals surface area contributed by atoms with Crippen LogP contribution < -0.4 is 18.9 Å². The smallest absolute Gasteiger partial charge is 0.312 e. The fraction of sp³-hybridized carbons (Fsp3) is 0.161. The Morgan fingerprint density at radius 2 is 1.79 bits per heavy atom. The zero-order valence-corrected chi connectivity index (χ0v) is 20.6. The second-order valence-electron chi connectivity index (χ2n) is 9.02. The standard InChI is InChI=1S/C31H24O7/c1-34-20-10-8-19(9-11-20)14-16-36-25-7-3-2-6-22(25)24-18-28(32)37-26-13-12-23-30(33)27(38-31(23)29(24)26)17-21-5-4-15-35-21/h2-13,15,17,24H,14,16,18H2,1H3/b27-17-. The molecule has 0 spiro atoms. The van der Waals surface area contributed by atoms with Gasteiger partial charge in [0.25, 0.3) is 0 Å². The number of carbonyl (C=O) groups is 2. The van der Waals surface area contributed by atoms with Gasteiger partial charge in [-0.15, -0.1) is 0 Å². The maximum atomic E-state index is 13.1. The van der Waals surface area contributed by atoms with Crippen LogP contribution >= 0.6 is 0 Å². The monoisotopic (exact) mass is 508 g/mol. The summed E-state index contributed by atoms with van der Waals surface area (Å²) in [6.45, 7) is 0.450. The number of hydrogen-bond acceptors (Lipinski definition) is 7. The van der Waals surface area contributed by atoms with E-state index in [1.54, 1.807) is 37.5 Å². The van der Waals surface area contributed by atoms with Gasteiger partial charge < -0.3 is 23.4 Å². The van der Waals surface area contributed by atoms with Crippen LogP contribution in [0.1, 0.15) is 45.1 Å². The largest absolute Gasteiger partial charge is 0.497 e. The van der Waals surface area contributed by atoms with Crippen molar-refractivity contribution in [3.8, 4) is 23.0 Å². The van der Waals surface area contributed by atoms with Crippen molar-refractivity contribution in [1.29, 1.82) is 0 Å². The van der Waals surface area contributed by atoms with Crippen LogP contribution in [0, 0.1) is 0 Å². The van der Waals surface area contributed by atoms with Crippen molar-refractivity contribution in [3.05, 3.63) is 113 Å². The Hall–Kier alpha value is -4.78. The average Bonchev–Trinajstić information content (AvgIpc) is 3.56. The van der Waals surface area contributed by atoms with E-state index in [1.807, 2.05) is 48.5 Å². The number of furan rings is 1. The predicted molar refractivity (Wildman–Crippen MR) is 139 cm³/mol. The van der Waals surface area contributed by atoms with Crippen molar-refractivity contribution in [2.75, 3.05) is 13.7 Å². The van der Waals surface area contributed by atoms with Crippen LogP contribution in [0.2, 0.25) is 0 Å². The molecule has 2 aliphatic heterocycles. The molecular weight excluding hydrogens is 484 g/mol. The number of ether oxygens (including phenoxy) is 4. The Bertz CT molecular complexity index is 1530. The van der Waals surface area contributed by atoms with Gasteiger partial charge >= 0.3 is 5.97 Å². The summed E-state index contributed by atoms with van der Waals surface area (Å²) >= 11 is 0. The van der Waals surface area contributed by atoms with E-state index in [9.17, 15) is 9.59 Å². The summed E-state index contributed by atoms with van der Waals surface area (Å²) in [4.78, 5) is 25.7. The molecule has 0 saturated carbocycles. The van der Waals surface area contributed by atoms with Crippen molar-refractivity contribution in [1.82, 2.24) is 0 Å². The normalized spacial score (nSPS) is 17.0. The number of benzene rings is 3. The first-order valence-electron chi connectivity index (χ1n) is 12.3. The molecule has 0 radical (unpaired) electrons. The van der Waals surface area contributed by atoms with Crippen molar-refractivity contribution < 1.29 is 33.0 Å². The molecule has 2 aliphatic rings. The molecule has 7 nitrogen and oxygen atoms in total. The van der Waals surface area contributed by atoms with Gasteiger partial charge in [0.15, 0.2) is 5.76 Å². The second-order valence-corrected chi connectivity index (χ2v) is 9.02. The lowest BCUT2D eigenvalue weighted by molar-refractivity contribution is -0.135. The van der Waals surface area contributed by atoms with Crippen molar-refractivity contribution in [2.45, 2.75) is 18.8 Å². The van der Waals surface area contributed by atoms with Gasteiger partial charge in [-0.2, -0.15) is 0 Å². The number of hydrogen-bond donors (Lipinski definition) is 0. The summed E-state index contributed by atoms with van der Waals surface area (Å²) in [6.07, 6.45) is 3.89. The molecule has 1 atom stereocenters. The van der Waals surface area contributed by atoms with Gasteiger partial charge in [-0.3, -0.25) is 9.59 Å². The molecule has 0 N–H and O–H groups in total. The van der Waals surface area contributed by atoms with E-state index in [1.165, 1.54) is 6.26 Å². The summed E-state index contributed by atoms with van der Waals surface area (Å²) in [7, 11) is 1.64. The third-order valence-corrected chi connectivity index (χ3v) is 6.70. The molecule has 7 heteroatoms. The number of allylic oxidation sites excluding steroid dienone is 1. The Balaban J connectivity index is 1.31. The maximum absolute atomic E-state index is 13.1. The van der Waals surface area contributed by atoms with Crippen molar-refractivity contribution >= 4 is 17.8 Å². The van der Waals surface area contributed by atoms with Crippen LogP contribution in [0.15, 0.2) is 89.2 Å². The number of para-hydroxylation sites is 1. The SMILES string of the molecule is COc1ccc(CCOc2ccccc2C2CC(=O)Oc3ccc4c(c32)O/C(=C\c2ccco2)C4=O)cc1. The lowest BCUT2D eigenvalue weighted by atomic mass is 9.84. The molecule has 4 aromatic rings. The van der Waals surface area contributed by atoms with Crippen LogP contribution in [-0.2, 0) is 11.2 Å². The van der Waals surface area contributed by atoms with Gasteiger partial charge in [-0.25, -0.2) is 0 Å². The third-order valence-electron chi connectivity index (χ3n) is 6.70. The first-order chi connectivity index (χ1) is 18.6. The predicted octanol–water partition coefficient (Wildman–Crippen LogP) is 5.97. The van der Waals surface area contributed by atoms with Crippen LogP contribution in [0.3, 0.4) is 0 Å². The molecule has 3 heterocycles. The Kier molecular flexibility index (Phi) is 6.17. The van der Waals surface area contributed by atoms with Gasteiger partial charge in [-0.1, -0.05) is 30.3 Å². The number of rotatable bonds is 7. The summed E-state index contributed by atoms with van der Waals surface area (Å²) < 4.78 is 28.4. The molecule has 1 aromatic heterocycles. The fourth-order valence-electron chi connectivity index (χ4n) is 4.85. The molecule has 0 amide bonds. The van der Waals surface area contributed by atoms with Gasteiger partial charge in [0.1, 0.15) is 28.8 Å². The number of Topliss-reactive ketones (excluding diaryl/α,β-unsaturated/α-hetero) is 1.